The van der Waals surface area contributed by atoms with Gasteiger partial charge in [0.05, 0.1) is 6.61 Å². The van der Waals surface area contributed by atoms with Crippen LogP contribution in [0, 0.1) is 5.92 Å². The lowest BCUT2D eigenvalue weighted by Crippen LogP contribution is -2.46. The highest BCUT2D eigenvalue weighted by atomic mass is 32.2. The third kappa shape index (κ3) is 2.58. The van der Waals surface area contributed by atoms with Crippen LogP contribution in [-0.2, 0) is 14.8 Å². The fraction of sp³-hybridized carbons (Fsp3) is 1.00. The molecule has 0 radical (unpaired) electrons. The summed E-state index contributed by atoms with van der Waals surface area (Å²) in [6.45, 7) is -0.0621. The minimum atomic E-state index is -4.83. The van der Waals surface area contributed by atoms with Gasteiger partial charge in [-0.1, -0.05) is 0 Å². The second-order valence-electron chi connectivity index (χ2n) is 3.17. The second-order valence-corrected chi connectivity index (χ2v) is 4.86. The molecule has 14 heavy (non-hydrogen) atoms. The summed E-state index contributed by atoms with van der Waals surface area (Å²) in [6.07, 6.45) is -4.76. The molecule has 2 atom stereocenters. The molecule has 0 aromatic heterocycles. The van der Waals surface area contributed by atoms with E-state index in [9.17, 15) is 21.6 Å². The van der Waals surface area contributed by atoms with E-state index in [4.69, 9.17) is 4.74 Å². The van der Waals surface area contributed by atoms with Crippen LogP contribution in [0.2, 0.25) is 0 Å². The molecule has 1 heterocycles. The molecular weight excluding hydrogens is 223 g/mol. The SMILES string of the molecule is NS(=O)(=O)C(C1CCOC1)C(F)(F)F. The van der Waals surface area contributed by atoms with Crippen LogP contribution in [0.15, 0.2) is 0 Å². The number of alkyl halides is 3. The van der Waals surface area contributed by atoms with Gasteiger partial charge in [0.15, 0.2) is 5.25 Å². The number of ether oxygens (including phenoxy) is 1. The molecule has 2 unspecified atom stereocenters. The Morgan fingerprint density at radius 1 is 1.43 bits per heavy atom. The Morgan fingerprint density at radius 3 is 2.29 bits per heavy atom. The molecule has 1 aliphatic heterocycles. The summed E-state index contributed by atoms with van der Waals surface area (Å²) in [5.41, 5.74) is 0. The minimum absolute atomic E-state index is 0.0700. The number of sulfonamides is 1. The van der Waals surface area contributed by atoms with Gasteiger partial charge in [0.1, 0.15) is 0 Å². The molecule has 4 nitrogen and oxygen atoms in total. The maximum absolute atomic E-state index is 12.4. The molecule has 0 aromatic rings. The number of halogens is 3. The summed E-state index contributed by atoms with van der Waals surface area (Å²) in [4.78, 5) is 0. The second kappa shape index (κ2) is 3.67. The van der Waals surface area contributed by atoms with Crippen molar-refractivity contribution < 1.29 is 26.3 Å². The number of primary sulfonamides is 1. The minimum Gasteiger partial charge on any atom is -0.381 e. The normalized spacial score (nSPS) is 26.4. The summed E-state index contributed by atoms with van der Waals surface area (Å²) < 4.78 is 63.3. The molecule has 0 saturated carbocycles. The molecule has 2 N–H and O–H groups in total. The van der Waals surface area contributed by atoms with Gasteiger partial charge in [0.2, 0.25) is 10.0 Å². The van der Waals surface area contributed by atoms with Crippen LogP contribution in [0.3, 0.4) is 0 Å². The van der Waals surface area contributed by atoms with E-state index in [1.54, 1.807) is 0 Å². The van der Waals surface area contributed by atoms with Crippen molar-refractivity contribution in [2.45, 2.75) is 17.8 Å². The molecule has 1 aliphatic rings. The van der Waals surface area contributed by atoms with E-state index in [0.29, 0.717) is 0 Å². The van der Waals surface area contributed by atoms with Gasteiger partial charge in [-0.3, -0.25) is 0 Å². The number of rotatable bonds is 2. The van der Waals surface area contributed by atoms with Crippen molar-refractivity contribution >= 4 is 10.0 Å². The van der Waals surface area contributed by atoms with E-state index in [2.05, 4.69) is 5.14 Å². The number of nitrogens with two attached hydrogens (primary N) is 1. The van der Waals surface area contributed by atoms with Gasteiger partial charge in [0.25, 0.3) is 0 Å². The molecule has 0 spiro atoms. The zero-order valence-electron chi connectivity index (χ0n) is 7.12. The molecule has 1 saturated heterocycles. The van der Waals surface area contributed by atoms with Crippen LogP contribution in [0.1, 0.15) is 6.42 Å². The van der Waals surface area contributed by atoms with Crippen molar-refractivity contribution in [1.29, 1.82) is 0 Å². The maximum Gasteiger partial charge on any atom is 0.407 e. The first-order valence-electron chi connectivity index (χ1n) is 3.89. The Kier molecular flexibility index (Phi) is 3.07. The highest BCUT2D eigenvalue weighted by molar-refractivity contribution is 7.89. The fourth-order valence-electron chi connectivity index (χ4n) is 1.51. The van der Waals surface area contributed by atoms with Crippen LogP contribution in [0.5, 0.6) is 0 Å². The monoisotopic (exact) mass is 233 g/mol. The van der Waals surface area contributed by atoms with Gasteiger partial charge in [-0.15, -0.1) is 0 Å². The van der Waals surface area contributed by atoms with Gasteiger partial charge in [-0.25, -0.2) is 13.6 Å². The summed E-state index contributed by atoms with van der Waals surface area (Å²) in [7, 11) is -4.61. The molecule has 1 rings (SSSR count). The zero-order chi connectivity index (χ0) is 11.0. The predicted octanol–water partition coefficient (Wildman–Crippen LogP) is 0.242. The molecule has 8 heteroatoms. The van der Waals surface area contributed by atoms with E-state index in [-0.39, 0.29) is 19.6 Å². The van der Waals surface area contributed by atoms with Crippen LogP contribution >= 0.6 is 0 Å². The van der Waals surface area contributed by atoms with E-state index in [1.807, 2.05) is 0 Å². The van der Waals surface area contributed by atoms with Gasteiger partial charge < -0.3 is 4.74 Å². The summed E-state index contributed by atoms with van der Waals surface area (Å²) >= 11 is 0. The lowest BCUT2D eigenvalue weighted by molar-refractivity contribution is -0.139. The standard InChI is InChI=1S/C6H10F3NO3S/c7-6(8,9)5(14(10,11)12)4-1-2-13-3-4/h4-5H,1-3H2,(H2,10,11,12). The number of hydrogen-bond acceptors (Lipinski definition) is 3. The highest BCUT2D eigenvalue weighted by Crippen LogP contribution is 2.34. The fourth-order valence-corrected chi connectivity index (χ4v) is 2.64. The Labute approximate surface area is 79.3 Å². The topological polar surface area (TPSA) is 69.4 Å². The van der Waals surface area contributed by atoms with Crippen LogP contribution in [0.4, 0.5) is 13.2 Å². The lowest BCUT2D eigenvalue weighted by Gasteiger charge is -2.22. The van der Waals surface area contributed by atoms with E-state index in [0.717, 1.165) is 0 Å². The maximum atomic E-state index is 12.4. The smallest absolute Gasteiger partial charge is 0.381 e. The quantitative estimate of drug-likeness (QED) is 0.742. The molecular formula is C6H10F3NO3S. The third-order valence-corrected chi connectivity index (χ3v) is 3.43. The molecule has 0 aromatic carbocycles. The van der Waals surface area contributed by atoms with Gasteiger partial charge >= 0.3 is 6.18 Å². The highest BCUT2D eigenvalue weighted by Gasteiger charge is 2.52. The van der Waals surface area contributed by atoms with Crippen molar-refractivity contribution in [3.8, 4) is 0 Å². The Morgan fingerprint density at radius 2 is 2.00 bits per heavy atom. The van der Waals surface area contributed by atoms with Crippen molar-refractivity contribution in [2.24, 2.45) is 11.1 Å². The lowest BCUT2D eigenvalue weighted by atomic mass is 10.0. The summed E-state index contributed by atoms with van der Waals surface area (Å²) in [5, 5.41) is 2.04. The zero-order valence-corrected chi connectivity index (χ0v) is 7.94. The van der Waals surface area contributed by atoms with Crippen LogP contribution in [0.25, 0.3) is 0 Å². The van der Waals surface area contributed by atoms with Crippen LogP contribution < -0.4 is 5.14 Å². The predicted molar refractivity (Wildman–Crippen MR) is 41.9 cm³/mol. The van der Waals surface area contributed by atoms with Crippen molar-refractivity contribution in [2.75, 3.05) is 13.2 Å². The summed E-state index contributed by atoms with van der Waals surface area (Å²) in [6, 6.07) is 0. The first-order valence-corrected chi connectivity index (χ1v) is 5.50. The van der Waals surface area contributed by atoms with E-state index < -0.39 is 27.4 Å². The average molecular weight is 233 g/mol. The van der Waals surface area contributed by atoms with Gasteiger partial charge in [-0.05, 0) is 6.42 Å². The van der Waals surface area contributed by atoms with E-state index >= 15 is 0 Å². The van der Waals surface area contributed by atoms with Crippen molar-refractivity contribution in [1.82, 2.24) is 0 Å². The Hall–Kier alpha value is -0.340. The first-order chi connectivity index (χ1) is 6.23. The van der Waals surface area contributed by atoms with Crippen LogP contribution in [-0.4, -0.2) is 33.1 Å². The summed E-state index contributed by atoms with van der Waals surface area (Å²) in [5.74, 6) is -1.08. The van der Waals surface area contributed by atoms with E-state index in [1.165, 1.54) is 0 Å². The number of hydrogen-bond donors (Lipinski definition) is 1. The average Bonchev–Trinajstić information content (AvgIpc) is 2.31. The largest absolute Gasteiger partial charge is 0.407 e. The molecule has 84 valence electrons. The van der Waals surface area contributed by atoms with Crippen molar-refractivity contribution in [3.63, 3.8) is 0 Å². The molecule has 1 fully saturated rings. The Bertz CT molecular complexity index is 294. The first kappa shape index (κ1) is 11.7. The Balaban J connectivity index is 2.93. The molecule has 0 amide bonds. The van der Waals surface area contributed by atoms with Gasteiger partial charge in [-0.2, -0.15) is 13.2 Å². The molecule has 0 bridgehead atoms. The van der Waals surface area contributed by atoms with Gasteiger partial charge in [0, 0.05) is 12.5 Å². The van der Waals surface area contributed by atoms with Crippen molar-refractivity contribution in [3.05, 3.63) is 0 Å². The molecule has 0 aliphatic carbocycles. The third-order valence-electron chi connectivity index (χ3n) is 2.07.